The van der Waals surface area contributed by atoms with Crippen LogP contribution in [0.4, 0.5) is 0 Å². The van der Waals surface area contributed by atoms with Gasteiger partial charge in [0, 0.05) is 23.5 Å². The maximum absolute atomic E-state index is 6.22. The van der Waals surface area contributed by atoms with Gasteiger partial charge in [0.25, 0.3) is 0 Å². The van der Waals surface area contributed by atoms with Crippen LogP contribution >= 0.6 is 0 Å². The van der Waals surface area contributed by atoms with E-state index in [0.29, 0.717) is 23.9 Å². The first-order chi connectivity index (χ1) is 26.6. The lowest BCUT2D eigenvalue weighted by Gasteiger charge is -2.45. The fraction of sp³-hybridized carbons (Fsp3) is 0.180. The molecule has 0 amide bonds. The minimum atomic E-state index is -0.353. The van der Waals surface area contributed by atoms with E-state index in [0.717, 1.165) is 36.1 Å². The second-order valence-corrected chi connectivity index (χ2v) is 14.0. The molecule has 8 rings (SSSR count). The van der Waals surface area contributed by atoms with Crippen LogP contribution in [-0.4, -0.2) is 22.1 Å². The third-order valence-corrected chi connectivity index (χ3v) is 11.0. The number of nitrogens with zero attached hydrogens (tertiary/aromatic N) is 3. The maximum Gasteiger partial charge on any atom is 0.163 e. The third-order valence-electron chi connectivity index (χ3n) is 11.0. The summed E-state index contributed by atoms with van der Waals surface area (Å²) in [4.78, 5) is 14.7. The number of fused-ring (bicyclic) bond motifs is 7. The number of methoxy groups -OCH3 is 1. The molecule has 2 bridgehead atoms. The van der Waals surface area contributed by atoms with Crippen LogP contribution in [0.25, 0.3) is 28.9 Å². The Morgan fingerprint density at radius 1 is 0.778 bits per heavy atom. The molecule has 0 N–H and O–H groups in total. The predicted octanol–water partition coefficient (Wildman–Crippen LogP) is 11.9. The minimum absolute atomic E-state index is 0.113. The van der Waals surface area contributed by atoms with Crippen LogP contribution in [0.3, 0.4) is 0 Å². The van der Waals surface area contributed by atoms with Crippen molar-refractivity contribution in [1.29, 1.82) is 0 Å². The van der Waals surface area contributed by atoms with Crippen molar-refractivity contribution in [2.75, 3.05) is 7.11 Å². The number of aromatic nitrogens is 3. The van der Waals surface area contributed by atoms with Gasteiger partial charge in [0.1, 0.15) is 11.6 Å². The van der Waals surface area contributed by atoms with E-state index in [1.807, 2.05) is 60.7 Å². The Balaban J connectivity index is 1.19. The highest BCUT2D eigenvalue weighted by molar-refractivity contribution is 5.72. The van der Waals surface area contributed by atoms with E-state index in [4.69, 9.17) is 19.7 Å². The van der Waals surface area contributed by atoms with Gasteiger partial charge < -0.3 is 4.74 Å². The van der Waals surface area contributed by atoms with Crippen molar-refractivity contribution in [2.45, 2.75) is 50.9 Å². The van der Waals surface area contributed by atoms with E-state index in [-0.39, 0.29) is 11.3 Å². The summed E-state index contributed by atoms with van der Waals surface area (Å²) >= 11 is 0. The molecular formula is C50H45N3O. The molecule has 4 heteroatoms. The van der Waals surface area contributed by atoms with Crippen molar-refractivity contribution < 1.29 is 4.74 Å². The van der Waals surface area contributed by atoms with Gasteiger partial charge in [-0.05, 0) is 65.7 Å². The van der Waals surface area contributed by atoms with Crippen LogP contribution in [-0.2, 0) is 16.6 Å². The van der Waals surface area contributed by atoms with Gasteiger partial charge in [0.15, 0.2) is 11.6 Å². The normalized spacial score (nSPS) is 21.5. The lowest BCUT2D eigenvalue weighted by atomic mass is 9.57. The number of rotatable bonds is 8. The Bertz CT molecular complexity index is 2340. The van der Waals surface area contributed by atoms with E-state index >= 15 is 0 Å². The number of allylic oxidation sites excluding steroid dienone is 12. The van der Waals surface area contributed by atoms with E-state index in [9.17, 15) is 0 Å². The van der Waals surface area contributed by atoms with Crippen LogP contribution in [0.15, 0.2) is 186 Å². The van der Waals surface area contributed by atoms with Crippen molar-refractivity contribution in [1.82, 2.24) is 15.0 Å². The average molecular weight is 704 g/mol. The Kier molecular flexibility index (Phi) is 10.00. The van der Waals surface area contributed by atoms with Gasteiger partial charge in [-0.3, -0.25) is 0 Å². The maximum atomic E-state index is 6.22. The van der Waals surface area contributed by atoms with E-state index in [1.165, 1.54) is 44.5 Å². The molecule has 1 heterocycles. The smallest absolute Gasteiger partial charge is 0.163 e. The molecule has 0 saturated carbocycles. The highest BCUT2D eigenvalue weighted by Gasteiger charge is 2.46. The van der Waals surface area contributed by atoms with Gasteiger partial charge in [-0.1, -0.05) is 176 Å². The van der Waals surface area contributed by atoms with E-state index in [2.05, 4.69) is 117 Å². The van der Waals surface area contributed by atoms with Gasteiger partial charge in [-0.15, -0.1) is 0 Å². The van der Waals surface area contributed by atoms with Gasteiger partial charge >= 0.3 is 0 Å². The van der Waals surface area contributed by atoms with Crippen molar-refractivity contribution in [3.05, 3.63) is 214 Å². The summed E-state index contributed by atoms with van der Waals surface area (Å²) in [6.45, 7) is 4.55. The zero-order chi connectivity index (χ0) is 36.9. The van der Waals surface area contributed by atoms with Gasteiger partial charge in [-0.2, -0.15) is 0 Å². The topological polar surface area (TPSA) is 47.9 Å². The molecule has 4 nitrogen and oxygen atoms in total. The molecule has 1 aromatic heterocycles. The number of hydrogen-bond donors (Lipinski definition) is 0. The lowest BCUT2D eigenvalue weighted by Crippen LogP contribution is -2.37. The van der Waals surface area contributed by atoms with Crippen LogP contribution in [0, 0.1) is 0 Å². The van der Waals surface area contributed by atoms with Crippen LogP contribution in [0.5, 0.6) is 0 Å². The quantitative estimate of drug-likeness (QED) is 0.0917. The molecule has 4 aromatic carbocycles. The van der Waals surface area contributed by atoms with Crippen molar-refractivity contribution in [2.24, 2.45) is 0 Å². The van der Waals surface area contributed by atoms with Crippen molar-refractivity contribution in [3.8, 4) is 22.8 Å². The van der Waals surface area contributed by atoms with Crippen molar-refractivity contribution >= 4 is 6.08 Å². The van der Waals surface area contributed by atoms with Crippen molar-refractivity contribution in [3.63, 3.8) is 0 Å². The summed E-state index contributed by atoms with van der Waals surface area (Å²) in [7, 11) is 1.78. The molecular weight excluding hydrogens is 659 g/mol. The second kappa shape index (κ2) is 15.5. The number of benzene rings is 4. The van der Waals surface area contributed by atoms with E-state index in [1.54, 1.807) is 7.11 Å². The molecule has 5 aromatic rings. The fourth-order valence-electron chi connectivity index (χ4n) is 8.60. The first-order valence-electron chi connectivity index (χ1n) is 19.0. The number of hydrogen-bond acceptors (Lipinski definition) is 4. The summed E-state index contributed by atoms with van der Waals surface area (Å²) in [6, 6.07) is 38.3. The third kappa shape index (κ3) is 6.43. The molecule has 0 radical (unpaired) electrons. The minimum Gasteiger partial charge on any atom is -0.496 e. The molecule has 266 valence electrons. The Morgan fingerprint density at radius 3 is 2.15 bits per heavy atom. The van der Waals surface area contributed by atoms with Crippen LogP contribution in [0.2, 0.25) is 0 Å². The molecule has 0 fully saturated rings. The average Bonchev–Trinajstić information content (AvgIpc) is 3.38. The molecule has 3 aliphatic carbocycles. The molecule has 1 spiro atoms. The predicted molar refractivity (Wildman–Crippen MR) is 222 cm³/mol. The monoisotopic (exact) mass is 703 g/mol. The SMILES string of the molecule is CC/C(C1=CCCC2=CC1c1ccccc1C21/C(C)=C/C=C\C=C\c2ccccc21)=C(\C=C/Cc1nc(-c2ccccc2)nc(-c2ccccc2)n1)OC. The molecule has 2 unspecified atom stereocenters. The highest BCUT2D eigenvalue weighted by Crippen LogP contribution is 2.57. The largest absolute Gasteiger partial charge is 0.496 e. The summed E-state index contributed by atoms with van der Waals surface area (Å²) in [5.74, 6) is 3.04. The molecule has 0 aliphatic heterocycles. The molecule has 2 atom stereocenters. The van der Waals surface area contributed by atoms with Gasteiger partial charge in [0.05, 0.1) is 12.5 Å². The lowest BCUT2D eigenvalue weighted by molar-refractivity contribution is 0.301. The van der Waals surface area contributed by atoms with Gasteiger partial charge in [0.2, 0.25) is 0 Å². The highest BCUT2D eigenvalue weighted by atomic mass is 16.5. The molecule has 3 aliphatic rings. The van der Waals surface area contributed by atoms with Gasteiger partial charge in [-0.25, -0.2) is 15.0 Å². The standard InChI is InChI=1S/C50H45N3O/c1-4-40(46(54-3)32-19-33-47-51-48(37-23-10-6-11-24-37)53-49(52-47)38-25-12-7-13-26-38)41-29-18-27-39-34-43(41)42-28-15-17-31-45(42)50(39)35(2)20-8-5-9-21-36-22-14-16-30-44(36)50/h5-17,19-26,28-32,34,43H,4,18,27,33H2,1-3H3/b8-5-,21-9+,32-19-,35-20+,46-40-. The first kappa shape index (κ1) is 34.9. The second-order valence-electron chi connectivity index (χ2n) is 14.0. The van der Waals surface area contributed by atoms with E-state index < -0.39 is 0 Å². The first-order valence-corrected chi connectivity index (χ1v) is 19.0. The number of ether oxygens (including phenoxy) is 1. The summed E-state index contributed by atoms with van der Waals surface area (Å²) in [5, 5.41) is 0. The Morgan fingerprint density at radius 2 is 1.44 bits per heavy atom. The fourth-order valence-corrected chi connectivity index (χ4v) is 8.60. The molecule has 0 saturated heterocycles. The van der Waals surface area contributed by atoms with Crippen LogP contribution < -0.4 is 0 Å². The zero-order valence-corrected chi connectivity index (χ0v) is 31.2. The summed E-state index contributed by atoms with van der Waals surface area (Å²) in [6.07, 6.45) is 23.6. The summed E-state index contributed by atoms with van der Waals surface area (Å²) < 4.78 is 6.22. The van der Waals surface area contributed by atoms with Crippen LogP contribution in [0.1, 0.15) is 67.1 Å². The Hall–Kier alpha value is -6.13. The zero-order valence-electron chi connectivity index (χ0n) is 31.2. The molecule has 54 heavy (non-hydrogen) atoms. The summed E-state index contributed by atoms with van der Waals surface area (Å²) in [5.41, 5.74) is 12.2. The Labute approximate surface area is 319 Å².